The maximum absolute atomic E-state index is 2.55. The number of hydrogen-bond donors (Lipinski definition) is 0. The second kappa shape index (κ2) is 12.1. The summed E-state index contributed by atoms with van der Waals surface area (Å²) in [5.41, 5.74) is 11.8. The molecule has 0 bridgehead atoms. The standard InChI is InChI=1S/C14H14.C13H9.C9H7.C2H4.Ti/c1-3-7-13(8-4-1)11-12-14-9-5-2-6-10-14;1-3-7-12-10(5-1)9-11-6-2-4-8-13(11)12;1-2-5-9-7-3-6-8(9)4-1;1-2;/h1-10H,11-12H2;1-5,7-8H,9H2;1-7H;1H,2H3;. The predicted octanol–water partition coefficient (Wildman–Crippen LogP) is 8.56. The number of fused-ring (bicyclic) bond motifs is 4. The third kappa shape index (κ3) is 5.60. The molecule has 0 heterocycles. The van der Waals surface area contributed by atoms with Gasteiger partial charge in [-0.3, -0.25) is 0 Å². The number of hydrogen-bond acceptors (Lipinski definition) is 0. The first-order valence-electron chi connectivity index (χ1n) is 14.0. The van der Waals surface area contributed by atoms with E-state index in [-0.39, 0.29) is 0 Å². The molecule has 0 saturated heterocycles. The summed E-state index contributed by atoms with van der Waals surface area (Å²) in [6.45, 7) is 2.28. The monoisotopic (exact) mass is 538 g/mol. The Morgan fingerprint density at radius 1 is 0.641 bits per heavy atom. The Bertz CT molecular complexity index is 1590. The Morgan fingerprint density at radius 3 is 1.97 bits per heavy atom. The van der Waals surface area contributed by atoms with Crippen LogP contribution in [0.2, 0.25) is 0 Å². The molecular formula is C38H34Ti. The van der Waals surface area contributed by atoms with Crippen LogP contribution in [0.1, 0.15) is 44.5 Å². The Hall–Kier alpha value is -3.58. The van der Waals surface area contributed by atoms with Crippen molar-refractivity contribution in [1.29, 1.82) is 0 Å². The molecule has 0 nitrogen and oxygen atoms in total. The van der Waals surface area contributed by atoms with E-state index >= 15 is 0 Å². The Balaban J connectivity index is 0.000000168. The molecular weight excluding hydrogens is 504 g/mol. The van der Waals surface area contributed by atoms with Crippen LogP contribution < -0.4 is 3.87 Å². The summed E-state index contributed by atoms with van der Waals surface area (Å²) < 4.78 is 4.81. The number of aryl methyl sites for hydroxylation is 2. The first-order chi connectivity index (χ1) is 19.3. The molecule has 2 aliphatic rings. The van der Waals surface area contributed by atoms with Crippen molar-refractivity contribution in [2.75, 3.05) is 0 Å². The fourth-order valence-corrected chi connectivity index (χ4v) is 10.3. The van der Waals surface area contributed by atoms with E-state index in [1.165, 1.54) is 38.9 Å². The molecule has 1 heteroatoms. The largest absolute Gasteiger partial charge is 0.0622 e. The smallest absolute Gasteiger partial charge is 0.0238 e. The van der Waals surface area contributed by atoms with Crippen molar-refractivity contribution >= 4 is 14.3 Å². The van der Waals surface area contributed by atoms with E-state index in [0.29, 0.717) is 4.22 Å². The van der Waals surface area contributed by atoms with Gasteiger partial charge in [-0.1, -0.05) is 60.7 Å². The van der Waals surface area contributed by atoms with Gasteiger partial charge in [0.1, 0.15) is 0 Å². The fourth-order valence-electron chi connectivity index (χ4n) is 6.03. The molecule has 0 amide bonds. The number of benzene rings is 5. The Kier molecular flexibility index (Phi) is 7.96. The summed E-state index contributed by atoms with van der Waals surface area (Å²) in [6.07, 6.45) is 8.15. The van der Waals surface area contributed by atoms with Gasteiger partial charge in [-0.2, -0.15) is 0 Å². The van der Waals surface area contributed by atoms with E-state index in [1.54, 1.807) is 9.43 Å². The molecule has 2 aliphatic carbocycles. The van der Waals surface area contributed by atoms with Crippen LogP contribution in [0.3, 0.4) is 0 Å². The molecule has 0 aliphatic heterocycles. The Labute approximate surface area is 239 Å². The van der Waals surface area contributed by atoms with Crippen LogP contribution in [0.25, 0.3) is 17.2 Å². The molecule has 0 aromatic heterocycles. The van der Waals surface area contributed by atoms with Gasteiger partial charge in [0, 0.05) is 0 Å². The quantitative estimate of drug-likeness (QED) is 0.193. The fraction of sp³-hybridized carbons (Fsp3) is 0.132. The zero-order valence-corrected chi connectivity index (χ0v) is 24.1. The number of rotatable bonds is 5. The molecule has 5 aromatic carbocycles. The van der Waals surface area contributed by atoms with E-state index in [1.807, 2.05) is 0 Å². The van der Waals surface area contributed by atoms with E-state index in [2.05, 4.69) is 151 Å². The van der Waals surface area contributed by atoms with Crippen LogP contribution in [0.15, 0.2) is 133 Å². The van der Waals surface area contributed by atoms with Gasteiger partial charge in [-0.25, -0.2) is 0 Å². The normalized spacial score (nSPS) is 14.7. The summed E-state index contributed by atoms with van der Waals surface area (Å²) in [4.78, 5) is 0. The molecule has 39 heavy (non-hydrogen) atoms. The molecule has 190 valence electrons. The van der Waals surface area contributed by atoms with Crippen molar-refractivity contribution in [2.24, 2.45) is 0 Å². The van der Waals surface area contributed by atoms with Crippen LogP contribution in [0.4, 0.5) is 0 Å². The zero-order valence-electron chi connectivity index (χ0n) is 22.6. The molecule has 7 rings (SSSR count). The van der Waals surface area contributed by atoms with Crippen LogP contribution in [-0.2, 0) is 36.7 Å². The SMILES string of the molecule is C/[CH]=[Ti](/[c]1cccc2c1Cc1ccccc1-2)[CH]1C=Cc2ccccc21.c1ccc(CCc2ccccc2)cc1. The summed E-state index contributed by atoms with van der Waals surface area (Å²) in [7, 11) is 0. The van der Waals surface area contributed by atoms with E-state index in [0.717, 1.165) is 19.3 Å². The van der Waals surface area contributed by atoms with E-state index in [4.69, 9.17) is 0 Å². The van der Waals surface area contributed by atoms with Gasteiger partial charge < -0.3 is 0 Å². The van der Waals surface area contributed by atoms with Gasteiger partial charge in [0.15, 0.2) is 0 Å². The van der Waals surface area contributed by atoms with E-state index < -0.39 is 17.4 Å². The predicted molar refractivity (Wildman–Crippen MR) is 165 cm³/mol. The van der Waals surface area contributed by atoms with Gasteiger partial charge >= 0.3 is 155 Å². The average Bonchev–Trinajstić information content (AvgIpc) is 3.60. The van der Waals surface area contributed by atoms with Crippen LogP contribution >= 0.6 is 0 Å². The van der Waals surface area contributed by atoms with Crippen LogP contribution in [-0.4, -0.2) is 4.31 Å². The second-order valence-corrected chi connectivity index (χ2v) is 14.5. The molecule has 5 aromatic rings. The van der Waals surface area contributed by atoms with Crippen molar-refractivity contribution in [3.63, 3.8) is 0 Å². The summed E-state index contributed by atoms with van der Waals surface area (Å²) >= 11 is -1.58. The molecule has 0 N–H and O–H groups in total. The molecule has 0 radical (unpaired) electrons. The van der Waals surface area contributed by atoms with Crippen LogP contribution in [0.5, 0.6) is 0 Å². The van der Waals surface area contributed by atoms with Gasteiger partial charge in [-0.15, -0.1) is 0 Å². The van der Waals surface area contributed by atoms with Gasteiger partial charge in [0.2, 0.25) is 0 Å². The number of allylic oxidation sites excluding steroid dienone is 1. The van der Waals surface area contributed by atoms with Gasteiger partial charge in [-0.05, 0) is 24.0 Å². The van der Waals surface area contributed by atoms with Crippen molar-refractivity contribution < 1.29 is 17.4 Å². The second-order valence-electron chi connectivity index (χ2n) is 10.3. The zero-order chi connectivity index (χ0) is 26.4. The summed E-state index contributed by atoms with van der Waals surface area (Å²) in [6, 6.07) is 46.1. The molecule has 0 saturated carbocycles. The first-order valence-corrected chi connectivity index (χ1v) is 16.6. The van der Waals surface area contributed by atoms with Crippen molar-refractivity contribution in [3.05, 3.63) is 167 Å². The minimum atomic E-state index is -1.58. The maximum Gasteiger partial charge on any atom is -0.0238 e. The van der Waals surface area contributed by atoms with Crippen molar-refractivity contribution in [2.45, 2.75) is 30.4 Å². The third-order valence-electron chi connectivity index (χ3n) is 8.00. The minimum Gasteiger partial charge on any atom is -0.0622 e. The molecule has 0 fully saturated rings. The Morgan fingerprint density at radius 2 is 1.26 bits per heavy atom. The van der Waals surface area contributed by atoms with Gasteiger partial charge in [0.25, 0.3) is 0 Å². The molecule has 0 spiro atoms. The summed E-state index contributed by atoms with van der Waals surface area (Å²) in [5, 5.41) is 0. The molecule has 1 atom stereocenters. The molecule has 1 unspecified atom stereocenters. The topological polar surface area (TPSA) is 0 Å². The maximum atomic E-state index is 2.55. The third-order valence-corrected chi connectivity index (χ3v) is 12.5. The van der Waals surface area contributed by atoms with Crippen LogP contribution in [0, 0.1) is 0 Å². The van der Waals surface area contributed by atoms with Crippen molar-refractivity contribution in [3.8, 4) is 11.1 Å². The summed E-state index contributed by atoms with van der Waals surface area (Å²) in [5.74, 6) is 0. The van der Waals surface area contributed by atoms with Crippen molar-refractivity contribution in [1.82, 2.24) is 0 Å². The average molecular weight is 539 g/mol. The first kappa shape index (κ1) is 25.7. The van der Waals surface area contributed by atoms with Gasteiger partial charge in [0.05, 0.1) is 0 Å². The van der Waals surface area contributed by atoms with E-state index in [9.17, 15) is 0 Å². The minimum absolute atomic E-state index is 0.608.